The van der Waals surface area contributed by atoms with E-state index in [0.29, 0.717) is 5.92 Å². The van der Waals surface area contributed by atoms with Crippen molar-refractivity contribution in [2.24, 2.45) is 0 Å². The molecule has 0 amide bonds. The summed E-state index contributed by atoms with van der Waals surface area (Å²) in [5.74, 6) is -0.898. The number of rotatable bonds is 14. The van der Waals surface area contributed by atoms with Gasteiger partial charge in [0.15, 0.2) is 0 Å². The van der Waals surface area contributed by atoms with Crippen LogP contribution in [0.4, 0.5) is 0 Å². The fraction of sp³-hybridized carbons (Fsp3) is 0.600. The fourth-order valence-electron chi connectivity index (χ4n) is 3.07. The minimum absolute atomic E-state index is 0.263. The van der Waals surface area contributed by atoms with Gasteiger partial charge >= 0.3 is 11.9 Å². The summed E-state index contributed by atoms with van der Waals surface area (Å²) in [5, 5.41) is 17.3. The first kappa shape index (κ1) is 20.2. The topological polar surface area (TPSA) is 74.6 Å². The molecule has 1 atom stereocenters. The summed E-state index contributed by atoms with van der Waals surface area (Å²) < 4.78 is 0. The molecule has 1 aromatic rings. The molecule has 0 bridgehead atoms. The number of aliphatic carboxylic acids is 2. The summed E-state index contributed by atoms with van der Waals surface area (Å²) in [5.41, 5.74) is 1.36. The summed E-state index contributed by atoms with van der Waals surface area (Å²) in [6, 6.07) is 10.5. The summed E-state index contributed by atoms with van der Waals surface area (Å²) in [4.78, 5) is 21.1. The number of hydrogen-bond acceptors (Lipinski definition) is 2. The Morgan fingerprint density at radius 3 is 1.67 bits per heavy atom. The lowest BCUT2D eigenvalue weighted by atomic mass is 9.88. The van der Waals surface area contributed by atoms with Gasteiger partial charge in [-0.15, -0.1) is 0 Å². The molecule has 24 heavy (non-hydrogen) atoms. The van der Waals surface area contributed by atoms with Crippen molar-refractivity contribution in [1.82, 2.24) is 0 Å². The molecule has 1 aromatic carbocycles. The third-order valence-corrected chi connectivity index (χ3v) is 4.41. The number of carboxylic acids is 2. The van der Waals surface area contributed by atoms with Crippen molar-refractivity contribution >= 4 is 11.9 Å². The maximum atomic E-state index is 10.6. The second-order valence-electron chi connectivity index (χ2n) is 6.45. The maximum Gasteiger partial charge on any atom is 0.303 e. The van der Waals surface area contributed by atoms with Crippen molar-refractivity contribution in [2.45, 2.75) is 76.5 Å². The first-order valence-corrected chi connectivity index (χ1v) is 9.08. The van der Waals surface area contributed by atoms with Gasteiger partial charge in [0.2, 0.25) is 0 Å². The molecule has 2 N–H and O–H groups in total. The smallest absolute Gasteiger partial charge is 0.303 e. The largest absolute Gasteiger partial charge is 0.481 e. The Balaban J connectivity index is 2.31. The van der Waals surface area contributed by atoms with Crippen LogP contribution < -0.4 is 0 Å². The Kier molecular flexibility index (Phi) is 10.6. The Morgan fingerprint density at radius 1 is 0.708 bits per heavy atom. The average molecular weight is 334 g/mol. The third kappa shape index (κ3) is 10.0. The van der Waals surface area contributed by atoms with Crippen LogP contribution in [0, 0.1) is 0 Å². The van der Waals surface area contributed by atoms with Crippen molar-refractivity contribution in [3.8, 4) is 0 Å². The average Bonchev–Trinajstić information content (AvgIpc) is 2.56. The van der Waals surface area contributed by atoms with Crippen LogP contribution in [0.5, 0.6) is 0 Å². The summed E-state index contributed by atoms with van der Waals surface area (Å²) in [6.07, 6.45) is 9.48. The predicted molar refractivity (Wildman–Crippen MR) is 95.2 cm³/mol. The number of carboxylic acid groups (broad SMARTS) is 2. The van der Waals surface area contributed by atoms with Crippen molar-refractivity contribution in [3.05, 3.63) is 35.9 Å². The highest BCUT2D eigenvalue weighted by molar-refractivity contribution is 5.66. The molecular weight excluding hydrogens is 304 g/mol. The Labute approximate surface area is 144 Å². The lowest BCUT2D eigenvalue weighted by Gasteiger charge is -2.17. The van der Waals surface area contributed by atoms with E-state index in [9.17, 15) is 9.59 Å². The quantitative estimate of drug-likeness (QED) is 0.457. The molecule has 0 radical (unpaired) electrons. The molecule has 0 heterocycles. The third-order valence-electron chi connectivity index (χ3n) is 4.41. The molecule has 0 aliphatic rings. The van der Waals surface area contributed by atoms with Gasteiger partial charge in [0, 0.05) is 12.8 Å². The highest BCUT2D eigenvalue weighted by Crippen LogP contribution is 2.28. The van der Waals surface area contributed by atoms with Gasteiger partial charge < -0.3 is 10.2 Å². The van der Waals surface area contributed by atoms with Gasteiger partial charge in [0.05, 0.1) is 0 Å². The van der Waals surface area contributed by atoms with Crippen LogP contribution in [0.15, 0.2) is 30.3 Å². The molecule has 0 aromatic heterocycles. The monoisotopic (exact) mass is 334 g/mol. The molecule has 0 aliphatic carbocycles. The molecular formula is C20H30O4. The van der Waals surface area contributed by atoms with E-state index in [2.05, 4.69) is 24.3 Å². The van der Waals surface area contributed by atoms with Crippen LogP contribution in [0.2, 0.25) is 0 Å². The number of hydrogen-bond donors (Lipinski definition) is 2. The van der Waals surface area contributed by atoms with Gasteiger partial charge in [-0.05, 0) is 37.2 Å². The molecule has 4 heteroatoms. The fourth-order valence-corrected chi connectivity index (χ4v) is 3.07. The number of benzene rings is 1. The maximum absolute atomic E-state index is 10.6. The van der Waals surface area contributed by atoms with E-state index in [1.807, 2.05) is 6.07 Å². The van der Waals surface area contributed by atoms with E-state index in [4.69, 9.17) is 10.2 Å². The highest BCUT2D eigenvalue weighted by atomic mass is 16.4. The van der Waals surface area contributed by atoms with Crippen LogP contribution in [0.3, 0.4) is 0 Å². The lowest BCUT2D eigenvalue weighted by molar-refractivity contribution is -0.138. The zero-order chi connectivity index (χ0) is 17.6. The van der Waals surface area contributed by atoms with E-state index in [-0.39, 0.29) is 12.8 Å². The standard InChI is InChI=1S/C20H30O4/c21-19(22)15-9-2-1-5-11-17(18-12-6-3-7-13-18)14-8-4-10-16-20(23)24/h3,6-7,12-13,17H,1-2,4-5,8-11,14-16H2,(H,21,22)(H,23,24). The van der Waals surface area contributed by atoms with Gasteiger partial charge in [0.1, 0.15) is 0 Å². The van der Waals surface area contributed by atoms with Crippen molar-refractivity contribution in [1.29, 1.82) is 0 Å². The molecule has 1 rings (SSSR count). The van der Waals surface area contributed by atoms with Gasteiger partial charge in [0.25, 0.3) is 0 Å². The van der Waals surface area contributed by atoms with Gasteiger partial charge in [-0.3, -0.25) is 9.59 Å². The van der Waals surface area contributed by atoms with E-state index < -0.39 is 11.9 Å². The van der Waals surface area contributed by atoms with E-state index in [1.54, 1.807) is 0 Å². The second kappa shape index (κ2) is 12.6. The minimum atomic E-state index is -0.712. The summed E-state index contributed by atoms with van der Waals surface area (Å²) >= 11 is 0. The van der Waals surface area contributed by atoms with Gasteiger partial charge in [-0.25, -0.2) is 0 Å². The highest BCUT2D eigenvalue weighted by Gasteiger charge is 2.11. The summed E-state index contributed by atoms with van der Waals surface area (Å²) in [6.45, 7) is 0. The Bertz CT molecular complexity index is 470. The predicted octanol–water partition coefficient (Wildman–Crippen LogP) is 5.23. The van der Waals surface area contributed by atoms with Crippen LogP contribution in [-0.2, 0) is 9.59 Å². The number of unbranched alkanes of at least 4 members (excludes halogenated alkanes) is 5. The lowest BCUT2D eigenvalue weighted by Crippen LogP contribution is -2.00. The van der Waals surface area contributed by atoms with Gasteiger partial charge in [-0.2, -0.15) is 0 Å². The van der Waals surface area contributed by atoms with Crippen molar-refractivity contribution in [2.75, 3.05) is 0 Å². The van der Waals surface area contributed by atoms with Crippen molar-refractivity contribution < 1.29 is 19.8 Å². The SMILES string of the molecule is O=C(O)CCCCCCC(CCCCCC(=O)O)c1ccccc1. The molecule has 0 saturated heterocycles. The zero-order valence-electron chi connectivity index (χ0n) is 14.5. The van der Waals surface area contributed by atoms with E-state index in [0.717, 1.165) is 57.8 Å². The normalized spacial score (nSPS) is 12.0. The molecule has 0 fully saturated rings. The zero-order valence-corrected chi connectivity index (χ0v) is 14.5. The summed E-state index contributed by atoms with van der Waals surface area (Å²) in [7, 11) is 0. The molecule has 1 unspecified atom stereocenters. The molecule has 0 saturated carbocycles. The first-order valence-electron chi connectivity index (χ1n) is 9.08. The van der Waals surface area contributed by atoms with Crippen molar-refractivity contribution in [3.63, 3.8) is 0 Å². The Morgan fingerprint density at radius 2 is 1.17 bits per heavy atom. The first-order chi connectivity index (χ1) is 11.6. The van der Waals surface area contributed by atoms with Crippen LogP contribution in [0.1, 0.15) is 82.1 Å². The molecule has 0 spiro atoms. The molecule has 4 nitrogen and oxygen atoms in total. The second-order valence-corrected chi connectivity index (χ2v) is 6.45. The van der Waals surface area contributed by atoms with E-state index >= 15 is 0 Å². The Hall–Kier alpha value is -1.84. The van der Waals surface area contributed by atoms with Crippen LogP contribution in [0.25, 0.3) is 0 Å². The molecule has 134 valence electrons. The van der Waals surface area contributed by atoms with Crippen LogP contribution >= 0.6 is 0 Å². The number of carbonyl (C=O) groups is 2. The van der Waals surface area contributed by atoms with Crippen LogP contribution in [-0.4, -0.2) is 22.2 Å². The minimum Gasteiger partial charge on any atom is -0.481 e. The van der Waals surface area contributed by atoms with E-state index in [1.165, 1.54) is 5.56 Å². The molecule has 0 aliphatic heterocycles. The van der Waals surface area contributed by atoms with Gasteiger partial charge in [-0.1, -0.05) is 62.4 Å².